The SMILES string of the molecule is C/C=C1\CN2CCC34C(=C(C(=O)OC)[C@H]1C(O)[C@H]23)Nc1ccccc14. The van der Waals surface area contributed by atoms with Crippen molar-refractivity contribution in [3.05, 3.63) is 52.7 Å². The summed E-state index contributed by atoms with van der Waals surface area (Å²) in [6.45, 7) is 3.71. The van der Waals surface area contributed by atoms with E-state index in [9.17, 15) is 9.90 Å². The Bertz CT molecular complexity index is 843. The Morgan fingerprint density at radius 2 is 2.24 bits per heavy atom. The van der Waals surface area contributed by atoms with E-state index in [-0.39, 0.29) is 23.3 Å². The number of nitrogens with one attached hydrogen (secondary N) is 1. The average molecular weight is 338 g/mol. The lowest BCUT2D eigenvalue weighted by Gasteiger charge is -2.51. The molecule has 1 aromatic rings. The number of aliphatic hydroxyl groups excluding tert-OH is 1. The van der Waals surface area contributed by atoms with Crippen molar-refractivity contribution in [2.45, 2.75) is 30.9 Å². The second-order valence-electron chi connectivity index (χ2n) is 7.42. The van der Waals surface area contributed by atoms with Crippen LogP contribution >= 0.6 is 0 Å². The Hall–Kier alpha value is -2.11. The van der Waals surface area contributed by atoms with Gasteiger partial charge in [0.2, 0.25) is 0 Å². The number of fused-ring (bicyclic) bond motifs is 2. The number of nitrogens with zero attached hydrogens (tertiary/aromatic N) is 1. The van der Waals surface area contributed by atoms with Gasteiger partial charge in [-0.25, -0.2) is 4.79 Å². The highest BCUT2D eigenvalue weighted by atomic mass is 16.5. The maximum atomic E-state index is 12.8. The zero-order valence-corrected chi connectivity index (χ0v) is 14.5. The summed E-state index contributed by atoms with van der Waals surface area (Å²) in [5.74, 6) is -0.626. The van der Waals surface area contributed by atoms with Crippen LogP contribution in [-0.2, 0) is 14.9 Å². The number of rotatable bonds is 1. The van der Waals surface area contributed by atoms with Gasteiger partial charge < -0.3 is 15.2 Å². The van der Waals surface area contributed by atoms with Crippen LogP contribution in [-0.4, -0.2) is 48.3 Å². The maximum absolute atomic E-state index is 12.8. The summed E-state index contributed by atoms with van der Waals surface area (Å²) in [5.41, 5.74) is 4.56. The third kappa shape index (κ3) is 1.63. The number of hydrogen-bond donors (Lipinski definition) is 2. The number of aliphatic hydroxyl groups is 1. The van der Waals surface area contributed by atoms with Crippen LogP contribution in [0.25, 0.3) is 0 Å². The van der Waals surface area contributed by atoms with E-state index < -0.39 is 6.10 Å². The number of ether oxygens (including phenoxy) is 1. The van der Waals surface area contributed by atoms with Crippen molar-refractivity contribution in [1.82, 2.24) is 4.90 Å². The normalized spacial score (nSPS) is 36.9. The van der Waals surface area contributed by atoms with Crippen molar-refractivity contribution in [3.8, 4) is 0 Å². The first-order valence-electron chi connectivity index (χ1n) is 8.90. The molecule has 2 unspecified atom stereocenters. The molecule has 3 aliphatic heterocycles. The van der Waals surface area contributed by atoms with Gasteiger partial charge in [-0.15, -0.1) is 0 Å². The van der Waals surface area contributed by atoms with Gasteiger partial charge in [-0.05, 0) is 30.5 Å². The summed E-state index contributed by atoms with van der Waals surface area (Å²) in [4.78, 5) is 15.2. The zero-order valence-electron chi connectivity index (χ0n) is 14.5. The van der Waals surface area contributed by atoms with Gasteiger partial charge in [-0.3, -0.25) is 4.90 Å². The first-order valence-corrected chi connectivity index (χ1v) is 8.90. The molecule has 2 fully saturated rings. The van der Waals surface area contributed by atoms with Crippen molar-refractivity contribution in [2.75, 3.05) is 25.5 Å². The van der Waals surface area contributed by atoms with Gasteiger partial charge in [0, 0.05) is 30.4 Å². The van der Waals surface area contributed by atoms with Gasteiger partial charge >= 0.3 is 5.97 Å². The number of esters is 1. The van der Waals surface area contributed by atoms with Crippen molar-refractivity contribution in [3.63, 3.8) is 0 Å². The minimum Gasteiger partial charge on any atom is -0.466 e. The van der Waals surface area contributed by atoms with Crippen LogP contribution in [0.2, 0.25) is 0 Å². The summed E-state index contributed by atoms with van der Waals surface area (Å²) in [5, 5.41) is 14.8. The highest BCUT2D eigenvalue weighted by Crippen LogP contribution is 2.61. The van der Waals surface area contributed by atoms with E-state index in [1.165, 1.54) is 12.7 Å². The molecule has 4 atom stereocenters. The molecule has 0 radical (unpaired) electrons. The molecule has 4 aliphatic rings. The lowest BCUT2D eigenvalue weighted by molar-refractivity contribution is -0.138. The Morgan fingerprint density at radius 1 is 1.44 bits per heavy atom. The maximum Gasteiger partial charge on any atom is 0.336 e. The predicted molar refractivity (Wildman–Crippen MR) is 94.0 cm³/mol. The van der Waals surface area contributed by atoms with E-state index in [1.807, 2.05) is 25.1 Å². The quantitative estimate of drug-likeness (QED) is 0.604. The van der Waals surface area contributed by atoms with Crippen molar-refractivity contribution in [2.24, 2.45) is 5.92 Å². The fourth-order valence-electron chi connectivity index (χ4n) is 5.70. The van der Waals surface area contributed by atoms with E-state index >= 15 is 0 Å². The van der Waals surface area contributed by atoms with Gasteiger partial charge in [0.15, 0.2) is 0 Å². The number of benzene rings is 1. The molecule has 5 rings (SSSR count). The van der Waals surface area contributed by atoms with Crippen LogP contribution in [0.1, 0.15) is 18.9 Å². The topological polar surface area (TPSA) is 61.8 Å². The molecule has 0 amide bonds. The smallest absolute Gasteiger partial charge is 0.336 e. The fourth-order valence-corrected chi connectivity index (χ4v) is 5.70. The van der Waals surface area contributed by atoms with Gasteiger partial charge in [-0.1, -0.05) is 24.3 Å². The number of para-hydroxylation sites is 1. The lowest BCUT2D eigenvalue weighted by atomic mass is 9.60. The summed E-state index contributed by atoms with van der Waals surface area (Å²) in [7, 11) is 1.42. The number of hydrogen-bond acceptors (Lipinski definition) is 5. The van der Waals surface area contributed by atoms with Gasteiger partial charge in [0.1, 0.15) is 0 Å². The van der Waals surface area contributed by atoms with E-state index in [4.69, 9.17) is 4.74 Å². The Labute approximate surface area is 147 Å². The van der Waals surface area contributed by atoms with Crippen LogP contribution < -0.4 is 5.32 Å². The lowest BCUT2D eigenvalue weighted by Crippen LogP contribution is -2.61. The molecule has 2 bridgehead atoms. The van der Waals surface area contributed by atoms with E-state index in [2.05, 4.69) is 22.3 Å². The predicted octanol–water partition coefficient (Wildman–Crippen LogP) is 1.80. The molecule has 1 spiro atoms. The first-order chi connectivity index (χ1) is 12.1. The fraction of sp³-hybridized carbons (Fsp3) is 0.450. The molecule has 25 heavy (non-hydrogen) atoms. The molecule has 5 heteroatoms. The van der Waals surface area contributed by atoms with Gasteiger partial charge in [0.05, 0.1) is 30.2 Å². The molecule has 0 aromatic heterocycles. The van der Waals surface area contributed by atoms with Crippen molar-refractivity contribution in [1.29, 1.82) is 0 Å². The average Bonchev–Trinajstić information content (AvgIpc) is 3.18. The minimum absolute atomic E-state index is 0.000700. The standard InChI is InChI=1S/C20H22N2O3/c1-3-11-10-22-9-8-20-12-6-4-5-7-13(12)21-17(20)15(19(24)25-2)14(11)16(23)18(20)22/h3-7,14,16,18,21,23H,8-10H2,1-2H3/b11-3+/t14-,16?,18-,20?/m0/s1. The summed E-state index contributed by atoms with van der Waals surface area (Å²) in [6.07, 6.45) is 2.34. The number of carbonyl (C=O) groups is 1. The van der Waals surface area contributed by atoms with Crippen LogP contribution in [0.5, 0.6) is 0 Å². The second-order valence-corrected chi connectivity index (χ2v) is 7.42. The van der Waals surface area contributed by atoms with Gasteiger partial charge in [-0.2, -0.15) is 0 Å². The number of piperidine rings is 1. The summed E-state index contributed by atoms with van der Waals surface area (Å²) < 4.78 is 5.14. The third-order valence-corrected chi connectivity index (χ3v) is 6.61. The first kappa shape index (κ1) is 15.2. The monoisotopic (exact) mass is 338 g/mol. The molecule has 2 saturated heterocycles. The van der Waals surface area contributed by atoms with Crippen LogP contribution in [0, 0.1) is 5.92 Å². The zero-order chi connectivity index (χ0) is 17.3. The van der Waals surface area contributed by atoms with Crippen molar-refractivity contribution < 1.29 is 14.6 Å². The number of methoxy groups -OCH3 is 1. The van der Waals surface area contributed by atoms with Crippen LogP contribution in [0.3, 0.4) is 0 Å². The van der Waals surface area contributed by atoms with Gasteiger partial charge in [0.25, 0.3) is 0 Å². The van der Waals surface area contributed by atoms with E-state index in [0.29, 0.717) is 5.57 Å². The summed E-state index contributed by atoms with van der Waals surface area (Å²) in [6, 6.07) is 8.23. The Balaban J connectivity index is 1.85. The van der Waals surface area contributed by atoms with E-state index in [1.54, 1.807) is 0 Å². The molecule has 3 heterocycles. The van der Waals surface area contributed by atoms with E-state index in [0.717, 1.165) is 36.5 Å². The highest BCUT2D eigenvalue weighted by Gasteiger charge is 2.65. The number of carbonyl (C=O) groups excluding carboxylic acids is 1. The molecule has 1 aromatic carbocycles. The van der Waals surface area contributed by atoms with Crippen LogP contribution in [0.4, 0.5) is 5.69 Å². The molecule has 5 nitrogen and oxygen atoms in total. The Morgan fingerprint density at radius 3 is 3.00 bits per heavy atom. The number of anilines is 1. The molecule has 130 valence electrons. The molecule has 2 N–H and O–H groups in total. The Kier molecular flexibility index (Phi) is 3.01. The summed E-state index contributed by atoms with van der Waals surface area (Å²) >= 11 is 0. The molecule has 1 aliphatic carbocycles. The largest absolute Gasteiger partial charge is 0.466 e. The molecular weight excluding hydrogens is 316 g/mol. The molecular formula is C20H22N2O3. The second kappa shape index (κ2) is 4.96. The van der Waals surface area contributed by atoms with Crippen molar-refractivity contribution >= 4 is 11.7 Å². The third-order valence-electron chi connectivity index (χ3n) is 6.61. The molecule has 0 saturated carbocycles. The van der Waals surface area contributed by atoms with Crippen LogP contribution in [0.15, 0.2) is 47.2 Å². The minimum atomic E-state index is -0.603. The highest BCUT2D eigenvalue weighted by molar-refractivity contribution is 5.94. The number of allylic oxidation sites excluding steroid dienone is 1.